The Hall–Kier alpha value is -1.84. The molecule has 4 nitrogen and oxygen atoms in total. The van der Waals surface area contributed by atoms with Gasteiger partial charge in [-0.3, -0.25) is 9.59 Å². The molecule has 0 aliphatic rings. The molecule has 0 saturated carbocycles. The molecular weight excluding hydrogens is 240 g/mol. The summed E-state index contributed by atoms with van der Waals surface area (Å²) in [6.07, 6.45) is 1.59. The molecule has 0 atom stereocenters. The third-order valence-electron chi connectivity index (χ3n) is 2.90. The van der Waals surface area contributed by atoms with Gasteiger partial charge in [-0.2, -0.15) is 0 Å². The molecule has 1 rings (SSSR count). The highest BCUT2D eigenvalue weighted by molar-refractivity contribution is 6.04. The lowest BCUT2D eigenvalue weighted by atomic mass is 10.1. The van der Waals surface area contributed by atoms with E-state index in [-0.39, 0.29) is 18.2 Å². The standard InChI is InChI=1S/C15H22N2O2/c1-4-9-16-13(18)10-14(19)17-15-11(3)7-6-8-12(15)5-2/h6-8H,4-5,9-10H2,1-3H3,(H,16,18)(H,17,19). The third-order valence-corrected chi connectivity index (χ3v) is 2.90. The Morgan fingerprint density at radius 1 is 1.16 bits per heavy atom. The summed E-state index contributed by atoms with van der Waals surface area (Å²) < 4.78 is 0. The molecule has 2 N–H and O–H groups in total. The van der Waals surface area contributed by atoms with Crippen molar-refractivity contribution in [2.24, 2.45) is 0 Å². The van der Waals surface area contributed by atoms with Crippen LogP contribution in [0.5, 0.6) is 0 Å². The molecule has 2 amide bonds. The fourth-order valence-corrected chi connectivity index (χ4v) is 1.86. The zero-order valence-corrected chi connectivity index (χ0v) is 11.9. The van der Waals surface area contributed by atoms with Gasteiger partial charge in [0.25, 0.3) is 0 Å². The molecule has 1 aromatic carbocycles. The van der Waals surface area contributed by atoms with Crippen LogP contribution >= 0.6 is 0 Å². The predicted molar refractivity (Wildman–Crippen MR) is 77.1 cm³/mol. The number of benzene rings is 1. The number of carbonyl (C=O) groups excluding carboxylic acids is 2. The van der Waals surface area contributed by atoms with Crippen LogP contribution in [0.1, 0.15) is 37.8 Å². The van der Waals surface area contributed by atoms with E-state index in [2.05, 4.69) is 10.6 Å². The second-order valence-electron chi connectivity index (χ2n) is 4.54. The smallest absolute Gasteiger partial charge is 0.233 e. The Kier molecular flexibility index (Phi) is 6.06. The van der Waals surface area contributed by atoms with Crippen LogP contribution in [0.4, 0.5) is 5.69 Å². The van der Waals surface area contributed by atoms with Crippen molar-refractivity contribution < 1.29 is 9.59 Å². The van der Waals surface area contributed by atoms with Gasteiger partial charge in [0.05, 0.1) is 0 Å². The van der Waals surface area contributed by atoms with E-state index in [0.29, 0.717) is 6.54 Å². The summed E-state index contributed by atoms with van der Waals surface area (Å²) in [5.74, 6) is -0.497. The normalized spacial score (nSPS) is 10.1. The van der Waals surface area contributed by atoms with Crippen molar-refractivity contribution >= 4 is 17.5 Å². The summed E-state index contributed by atoms with van der Waals surface area (Å²) in [4.78, 5) is 23.3. The zero-order chi connectivity index (χ0) is 14.3. The average Bonchev–Trinajstić information content (AvgIpc) is 2.38. The van der Waals surface area contributed by atoms with E-state index in [1.165, 1.54) is 0 Å². The van der Waals surface area contributed by atoms with E-state index in [9.17, 15) is 9.59 Å². The molecule has 0 unspecified atom stereocenters. The highest BCUT2D eigenvalue weighted by Crippen LogP contribution is 2.21. The molecular formula is C15H22N2O2. The molecule has 0 aliphatic heterocycles. The van der Waals surface area contributed by atoms with Crippen molar-refractivity contribution in [2.75, 3.05) is 11.9 Å². The first kappa shape index (κ1) is 15.2. The Balaban J connectivity index is 2.64. The lowest BCUT2D eigenvalue weighted by Crippen LogP contribution is -2.28. The summed E-state index contributed by atoms with van der Waals surface area (Å²) in [5.41, 5.74) is 2.93. The average molecular weight is 262 g/mol. The van der Waals surface area contributed by atoms with Crippen LogP contribution in [-0.2, 0) is 16.0 Å². The summed E-state index contributed by atoms with van der Waals surface area (Å²) >= 11 is 0. The lowest BCUT2D eigenvalue weighted by Gasteiger charge is -2.12. The number of nitrogens with one attached hydrogen (secondary N) is 2. The van der Waals surface area contributed by atoms with Crippen molar-refractivity contribution in [3.63, 3.8) is 0 Å². The number of amides is 2. The van der Waals surface area contributed by atoms with Crippen LogP contribution < -0.4 is 10.6 Å². The molecule has 19 heavy (non-hydrogen) atoms. The van der Waals surface area contributed by atoms with Crippen LogP contribution in [0, 0.1) is 6.92 Å². The Labute approximate surface area is 114 Å². The molecule has 0 spiro atoms. The lowest BCUT2D eigenvalue weighted by molar-refractivity contribution is -0.126. The van der Waals surface area contributed by atoms with Gasteiger partial charge in [0, 0.05) is 12.2 Å². The second kappa shape index (κ2) is 7.56. The van der Waals surface area contributed by atoms with Gasteiger partial charge >= 0.3 is 0 Å². The summed E-state index contributed by atoms with van der Waals surface area (Å²) in [5, 5.41) is 5.53. The quantitative estimate of drug-likeness (QED) is 0.773. The van der Waals surface area contributed by atoms with Gasteiger partial charge < -0.3 is 10.6 Å². The largest absolute Gasteiger partial charge is 0.356 e. The maximum absolute atomic E-state index is 11.8. The minimum absolute atomic E-state index is 0.127. The van der Waals surface area contributed by atoms with Gasteiger partial charge in [-0.1, -0.05) is 32.0 Å². The maximum atomic E-state index is 11.8. The molecule has 0 fully saturated rings. The molecule has 4 heteroatoms. The first-order valence-corrected chi connectivity index (χ1v) is 6.73. The minimum Gasteiger partial charge on any atom is -0.356 e. The van der Waals surface area contributed by atoms with Crippen molar-refractivity contribution in [1.29, 1.82) is 0 Å². The van der Waals surface area contributed by atoms with Gasteiger partial charge in [0.1, 0.15) is 6.42 Å². The van der Waals surface area contributed by atoms with Crippen molar-refractivity contribution in [2.45, 2.75) is 40.0 Å². The second-order valence-corrected chi connectivity index (χ2v) is 4.54. The molecule has 104 valence electrons. The maximum Gasteiger partial charge on any atom is 0.233 e. The van der Waals surface area contributed by atoms with E-state index < -0.39 is 0 Å². The first-order chi connectivity index (χ1) is 9.08. The fourth-order valence-electron chi connectivity index (χ4n) is 1.86. The summed E-state index contributed by atoms with van der Waals surface area (Å²) in [6, 6.07) is 5.91. The number of anilines is 1. The molecule has 1 aromatic rings. The van der Waals surface area contributed by atoms with Crippen LogP contribution in [0.15, 0.2) is 18.2 Å². The van der Waals surface area contributed by atoms with E-state index >= 15 is 0 Å². The third kappa shape index (κ3) is 4.73. The van der Waals surface area contributed by atoms with Crippen molar-refractivity contribution in [1.82, 2.24) is 5.32 Å². The fraction of sp³-hybridized carbons (Fsp3) is 0.467. The number of aryl methyl sites for hydroxylation is 2. The molecule has 0 saturated heterocycles. The number of rotatable bonds is 6. The van der Waals surface area contributed by atoms with Gasteiger partial charge in [0.15, 0.2) is 0 Å². The van der Waals surface area contributed by atoms with E-state index in [1.54, 1.807) is 0 Å². The highest BCUT2D eigenvalue weighted by Gasteiger charge is 2.12. The zero-order valence-electron chi connectivity index (χ0n) is 11.9. The summed E-state index contributed by atoms with van der Waals surface area (Å²) in [6.45, 7) is 6.57. The predicted octanol–water partition coefficient (Wildman–Crippen LogP) is 2.41. The number of hydrogen-bond acceptors (Lipinski definition) is 2. The van der Waals surface area contributed by atoms with Crippen LogP contribution in [0.2, 0.25) is 0 Å². The van der Waals surface area contributed by atoms with Gasteiger partial charge in [-0.25, -0.2) is 0 Å². The minimum atomic E-state index is -0.266. The molecule has 0 aromatic heterocycles. The molecule has 0 aliphatic carbocycles. The van der Waals surface area contributed by atoms with Gasteiger partial charge in [0.2, 0.25) is 11.8 Å². The van der Waals surface area contributed by atoms with E-state index in [4.69, 9.17) is 0 Å². The molecule has 0 heterocycles. The van der Waals surface area contributed by atoms with Gasteiger partial charge in [-0.05, 0) is 30.9 Å². The number of para-hydroxylation sites is 1. The molecule has 0 bridgehead atoms. The Morgan fingerprint density at radius 3 is 2.53 bits per heavy atom. The number of carbonyl (C=O) groups is 2. The topological polar surface area (TPSA) is 58.2 Å². The van der Waals surface area contributed by atoms with E-state index in [0.717, 1.165) is 29.7 Å². The SMILES string of the molecule is CCCNC(=O)CC(=O)Nc1c(C)cccc1CC. The molecule has 0 radical (unpaired) electrons. The highest BCUT2D eigenvalue weighted by atomic mass is 16.2. The summed E-state index contributed by atoms with van der Waals surface area (Å²) in [7, 11) is 0. The van der Waals surface area contributed by atoms with Crippen molar-refractivity contribution in [3.8, 4) is 0 Å². The first-order valence-electron chi connectivity index (χ1n) is 6.73. The van der Waals surface area contributed by atoms with E-state index in [1.807, 2.05) is 39.0 Å². The van der Waals surface area contributed by atoms with Crippen LogP contribution in [0.25, 0.3) is 0 Å². The van der Waals surface area contributed by atoms with Gasteiger partial charge in [-0.15, -0.1) is 0 Å². The Bertz CT molecular complexity index is 455. The van der Waals surface area contributed by atoms with Crippen LogP contribution in [0.3, 0.4) is 0 Å². The van der Waals surface area contributed by atoms with Crippen molar-refractivity contribution in [3.05, 3.63) is 29.3 Å². The van der Waals surface area contributed by atoms with Crippen LogP contribution in [-0.4, -0.2) is 18.4 Å². The number of hydrogen-bond donors (Lipinski definition) is 2. The Morgan fingerprint density at radius 2 is 1.89 bits per heavy atom. The monoisotopic (exact) mass is 262 g/mol.